The van der Waals surface area contributed by atoms with Gasteiger partial charge in [0.15, 0.2) is 0 Å². The van der Waals surface area contributed by atoms with Gasteiger partial charge in [0.1, 0.15) is 5.69 Å². The van der Waals surface area contributed by atoms with Crippen molar-refractivity contribution in [3.05, 3.63) is 28.5 Å². The lowest BCUT2D eigenvalue weighted by Gasteiger charge is -2.28. The molecule has 0 aliphatic rings. The molecule has 0 saturated carbocycles. The van der Waals surface area contributed by atoms with Crippen molar-refractivity contribution < 1.29 is 4.79 Å². The Labute approximate surface area is 109 Å². The van der Waals surface area contributed by atoms with Crippen LogP contribution in [0.1, 0.15) is 31.3 Å². The average Bonchev–Trinajstić information content (AvgIpc) is 2.17. The number of nitrogens with one attached hydrogen (secondary N) is 1. The van der Waals surface area contributed by atoms with Crippen molar-refractivity contribution in [1.82, 2.24) is 10.3 Å². The van der Waals surface area contributed by atoms with Crippen LogP contribution in [0.5, 0.6) is 0 Å². The van der Waals surface area contributed by atoms with Crippen molar-refractivity contribution >= 4 is 33.4 Å². The Bertz CT molecular complexity index is 393. The molecule has 1 unspecified atom stereocenters. The Morgan fingerprint density at radius 3 is 2.75 bits per heavy atom. The summed E-state index contributed by atoms with van der Waals surface area (Å²) in [5, 5.41) is 2.68. The van der Waals surface area contributed by atoms with Gasteiger partial charge in [-0.3, -0.25) is 4.79 Å². The fraction of sp³-hybridized carbons (Fsp3) is 0.455. The molecule has 1 N–H and O–H groups in total. The highest BCUT2D eigenvalue weighted by Gasteiger charge is 2.27. The molecule has 0 bridgehead atoms. The Balaban J connectivity index is 2.85. The van der Waals surface area contributed by atoms with Gasteiger partial charge in [0.05, 0.1) is 10.9 Å². The van der Waals surface area contributed by atoms with Gasteiger partial charge in [-0.15, -0.1) is 11.6 Å². The van der Waals surface area contributed by atoms with E-state index in [0.717, 1.165) is 0 Å². The van der Waals surface area contributed by atoms with Crippen molar-refractivity contribution in [2.75, 3.05) is 0 Å². The van der Waals surface area contributed by atoms with Crippen LogP contribution in [0.25, 0.3) is 0 Å². The normalized spacial score (nSPS) is 13.3. The van der Waals surface area contributed by atoms with Crippen molar-refractivity contribution in [1.29, 1.82) is 0 Å². The highest BCUT2D eigenvalue weighted by molar-refractivity contribution is 9.10. The number of hydrogen-bond acceptors (Lipinski definition) is 2. The number of pyridine rings is 1. The first-order valence-electron chi connectivity index (χ1n) is 4.91. The van der Waals surface area contributed by atoms with E-state index in [2.05, 4.69) is 26.2 Å². The number of aromatic nitrogens is 1. The average molecular weight is 306 g/mol. The van der Waals surface area contributed by atoms with Crippen LogP contribution in [0.15, 0.2) is 22.8 Å². The third-order valence-electron chi connectivity index (χ3n) is 2.40. The molecule has 0 radical (unpaired) electrons. The van der Waals surface area contributed by atoms with Gasteiger partial charge in [-0.05, 0) is 48.8 Å². The summed E-state index contributed by atoms with van der Waals surface area (Å²) in [5.74, 6) is -0.232. The molecular formula is C11H14BrClN2O. The van der Waals surface area contributed by atoms with E-state index in [0.29, 0.717) is 10.2 Å². The van der Waals surface area contributed by atoms with Gasteiger partial charge in [-0.25, -0.2) is 4.98 Å². The predicted molar refractivity (Wildman–Crippen MR) is 68.8 cm³/mol. The molecule has 0 saturated heterocycles. The zero-order chi connectivity index (χ0) is 12.3. The van der Waals surface area contributed by atoms with Crippen LogP contribution in [0.3, 0.4) is 0 Å². The second kappa shape index (κ2) is 5.15. The summed E-state index contributed by atoms with van der Waals surface area (Å²) in [6.45, 7) is 5.59. The summed E-state index contributed by atoms with van der Waals surface area (Å²) in [7, 11) is 0. The van der Waals surface area contributed by atoms with Crippen LogP contribution in [0.4, 0.5) is 0 Å². The Kier molecular flexibility index (Phi) is 4.33. The van der Waals surface area contributed by atoms with E-state index in [4.69, 9.17) is 11.6 Å². The molecule has 1 rings (SSSR count). The van der Waals surface area contributed by atoms with Gasteiger partial charge in [0, 0.05) is 10.7 Å². The number of halogens is 2. The first kappa shape index (κ1) is 13.5. The summed E-state index contributed by atoms with van der Waals surface area (Å²) < 4.78 is 0.672. The molecule has 16 heavy (non-hydrogen) atoms. The van der Waals surface area contributed by atoms with Gasteiger partial charge < -0.3 is 5.32 Å². The maximum atomic E-state index is 11.9. The topological polar surface area (TPSA) is 42.0 Å². The molecule has 0 spiro atoms. The minimum Gasteiger partial charge on any atom is -0.344 e. The number of rotatable bonds is 3. The molecule has 1 amide bonds. The summed E-state index contributed by atoms with van der Waals surface area (Å²) in [4.78, 5) is 15.9. The summed E-state index contributed by atoms with van der Waals surface area (Å²) >= 11 is 9.28. The maximum absolute atomic E-state index is 11.9. The number of alkyl halides is 1. The molecule has 1 atom stereocenters. The van der Waals surface area contributed by atoms with Gasteiger partial charge in [-0.1, -0.05) is 0 Å². The first-order chi connectivity index (χ1) is 7.34. The lowest BCUT2D eigenvalue weighted by atomic mass is 10.0. The quantitative estimate of drug-likeness (QED) is 0.872. The van der Waals surface area contributed by atoms with Crippen LogP contribution in [-0.2, 0) is 0 Å². The molecule has 3 nitrogen and oxygen atoms in total. The van der Waals surface area contributed by atoms with E-state index in [1.807, 2.05) is 20.8 Å². The molecule has 0 fully saturated rings. The predicted octanol–water partition coefficient (Wildman–Crippen LogP) is 2.98. The number of amides is 1. The zero-order valence-corrected chi connectivity index (χ0v) is 11.8. The highest BCUT2D eigenvalue weighted by Crippen LogP contribution is 2.18. The number of carbonyl (C=O) groups excluding carboxylic acids is 1. The maximum Gasteiger partial charge on any atom is 0.271 e. The van der Waals surface area contributed by atoms with E-state index in [1.54, 1.807) is 18.3 Å². The van der Waals surface area contributed by atoms with E-state index in [1.165, 1.54) is 0 Å². The molecule has 0 aromatic carbocycles. The Morgan fingerprint density at radius 1 is 1.62 bits per heavy atom. The third kappa shape index (κ3) is 3.19. The Morgan fingerprint density at radius 2 is 2.25 bits per heavy atom. The minimum atomic E-state index is -0.477. The molecular weight excluding hydrogens is 291 g/mol. The SMILES string of the molecule is CC(Cl)C(C)(C)NC(=O)c1ncccc1Br. The molecule has 1 heterocycles. The summed E-state index contributed by atoms with van der Waals surface area (Å²) in [6.07, 6.45) is 1.58. The van der Waals surface area contributed by atoms with Gasteiger partial charge in [0.2, 0.25) is 0 Å². The number of hydrogen-bond donors (Lipinski definition) is 1. The third-order valence-corrected chi connectivity index (χ3v) is 3.59. The van der Waals surface area contributed by atoms with Gasteiger partial charge >= 0.3 is 0 Å². The van der Waals surface area contributed by atoms with Crippen molar-refractivity contribution in [2.24, 2.45) is 0 Å². The monoisotopic (exact) mass is 304 g/mol. The largest absolute Gasteiger partial charge is 0.344 e. The van der Waals surface area contributed by atoms with Crippen molar-refractivity contribution in [3.63, 3.8) is 0 Å². The standard InChI is InChI=1S/C11H14BrClN2O/c1-7(13)11(2,3)15-10(16)9-8(12)5-4-6-14-9/h4-7H,1-3H3,(H,15,16). The van der Waals surface area contributed by atoms with E-state index in [9.17, 15) is 4.79 Å². The first-order valence-corrected chi connectivity index (χ1v) is 6.14. The highest BCUT2D eigenvalue weighted by atomic mass is 79.9. The molecule has 5 heteroatoms. The van der Waals surface area contributed by atoms with Crippen LogP contribution in [0, 0.1) is 0 Å². The fourth-order valence-corrected chi connectivity index (χ4v) is 1.49. The Hall–Kier alpha value is -0.610. The lowest BCUT2D eigenvalue weighted by molar-refractivity contribution is 0.0906. The second-order valence-electron chi connectivity index (χ2n) is 4.13. The molecule has 88 valence electrons. The fourth-order valence-electron chi connectivity index (χ4n) is 1.00. The van der Waals surface area contributed by atoms with Crippen LogP contribution in [0.2, 0.25) is 0 Å². The number of carbonyl (C=O) groups is 1. The van der Waals surface area contributed by atoms with Crippen LogP contribution in [-0.4, -0.2) is 21.8 Å². The van der Waals surface area contributed by atoms with Crippen LogP contribution < -0.4 is 5.32 Å². The molecule has 0 aliphatic carbocycles. The van der Waals surface area contributed by atoms with E-state index in [-0.39, 0.29) is 11.3 Å². The van der Waals surface area contributed by atoms with E-state index >= 15 is 0 Å². The van der Waals surface area contributed by atoms with Gasteiger partial charge in [0.25, 0.3) is 5.91 Å². The summed E-state index contributed by atoms with van der Waals surface area (Å²) in [6, 6.07) is 3.54. The zero-order valence-electron chi connectivity index (χ0n) is 9.42. The number of nitrogens with zero attached hydrogens (tertiary/aromatic N) is 1. The van der Waals surface area contributed by atoms with Crippen molar-refractivity contribution in [2.45, 2.75) is 31.7 Å². The lowest BCUT2D eigenvalue weighted by Crippen LogP contribution is -2.49. The second-order valence-corrected chi connectivity index (χ2v) is 5.63. The van der Waals surface area contributed by atoms with E-state index < -0.39 is 5.54 Å². The van der Waals surface area contributed by atoms with Crippen molar-refractivity contribution in [3.8, 4) is 0 Å². The molecule has 1 aromatic heterocycles. The van der Waals surface area contributed by atoms with Crippen LogP contribution >= 0.6 is 27.5 Å². The van der Waals surface area contributed by atoms with Gasteiger partial charge in [-0.2, -0.15) is 0 Å². The minimum absolute atomic E-state index is 0.168. The summed E-state index contributed by atoms with van der Waals surface area (Å²) in [5.41, 5.74) is -0.108. The molecule has 1 aromatic rings. The molecule has 0 aliphatic heterocycles. The smallest absolute Gasteiger partial charge is 0.271 e.